The Morgan fingerprint density at radius 1 is 0.850 bits per heavy atom. The van der Waals surface area contributed by atoms with Crippen molar-refractivity contribution in [3.63, 3.8) is 0 Å². The van der Waals surface area contributed by atoms with Gasteiger partial charge in [-0.2, -0.15) is 0 Å². The van der Waals surface area contributed by atoms with Crippen molar-refractivity contribution < 1.29 is 15.3 Å². The molecule has 2 aliphatic carbocycles. The lowest BCUT2D eigenvalue weighted by Crippen LogP contribution is -2.56. The van der Waals surface area contributed by atoms with Crippen LogP contribution in [0.4, 0.5) is 0 Å². The number of β-amino-alcohol motifs (C(OH)–C–C–N with tert-alkyl or cyclic N) is 2. The Morgan fingerprint density at radius 2 is 1.40 bits per heavy atom. The molecule has 4 heteroatoms. The van der Waals surface area contributed by atoms with Crippen LogP contribution >= 0.6 is 0 Å². The number of likely N-dealkylation sites (tertiary alicyclic amines) is 1. The van der Waals surface area contributed by atoms with E-state index in [0.29, 0.717) is 24.4 Å². The highest BCUT2D eigenvalue weighted by atomic mass is 16.4. The molecular weight excluding hydrogens is 254 g/mol. The van der Waals surface area contributed by atoms with Gasteiger partial charge in [0.25, 0.3) is 0 Å². The van der Waals surface area contributed by atoms with Crippen molar-refractivity contribution in [2.45, 2.75) is 69.7 Å². The summed E-state index contributed by atoms with van der Waals surface area (Å²) in [4.78, 5) is 2.14. The third-order valence-electron chi connectivity index (χ3n) is 6.03. The van der Waals surface area contributed by atoms with Gasteiger partial charge in [-0.15, -0.1) is 0 Å². The number of rotatable bonds is 2. The second-order valence-electron chi connectivity index (χ2n) is 7.49. The molecule has 1 spiro atoms. The number of hydrogen-bond donors (Lipinski definition) is 3. The molecule has 0 radical (unpaired) electrons. The van der Waals surface area contributed by atoms with Crippen LogP contribution < -0.4 is 0 Å². The molecule has 0 amide bonds. The summed E-state index contributed by atoms with van der Waals surface area (Å²) in [5.41, 5.74) is 0.674. The number of nitrogens with zero attached hydrogens (tertiary/aromatic N) is 1. The lowest BCUT2D eigenvalue weighted by Gasteiger charge is -2.42. The first-order chi connectivity index (χ1) is 9.58. The zero-order chi connectivity index (χ0) is 14.2. The minimum Gasteiger partial charge on any atom is -0.389 e. The first-order valence-corrected chi connectivity index (χ1v) is 8.35. The summed E-state index contributed by atoms with van der Waals surface area (Å²) >= 11 is 0. The quantitative estimate of drug-likeness (QED) is 0.711. The Labute approximate surface area is 121 Å². The van der Waals surface area contributed by atoms with Crippen LogP contribution in [0, 0.1) is 11.3 Å². The number of hydrogen-bond acceptors (Lipinski definition) is 4. The van der Waals surface area contributed by atoms with E-state index in [9.17, 15) is 15.3 Å². The summed E-state index contributed by atoms with van der Waals surface area (Å²) in [6, 6.07) is 0. The molecule has 3 aliphatic rings. The van der Waals surface area contributed by atoms with Crippen LogP contribution in [-0.2, 0) is 0 Å². The first-order valence-electron chi connectivity index (χ1n) is 8.35. The van der Waals surface area contributed by atoms with Crippen molar-refractivity contribution in [2.24, 2.45) is 11.3 Å². The average Bonchev–Trinajstić information content (AvgIpc) is 2.87. The number of aliphatic hydroxyl groups excluding tert-OH is 3. The zero-order valence-corrected chi connectivity index (χ0v) is 12.4. The Balaban J connectivity index is 1.47. The fraction of sp³-hybridized carbons (Fsp3) is 1.00. The van der Waals surface area contributed by atoms with E-state index in [1.165, 1.54) is 51.4 Å². The van der Waals surface area contributed by atoms with E-state index in [0.717, 1.165) is 6.54 Å². The molecule has 3 N–H and O–H groups in total. The summed E-state index contributed by atoms with van der Waals surface area (Å²) in [6.07, 6.45) is 8.49. The van der Waals surface area contributed by atoms with Crippen molar-refractivity contribution in [3.05, 3.63) is 0 Å². The molecule has 2 unspecified atom stereocenters. The van der Waals surface area contributed by atoms with Gasteiger partial charge in [0.1, 0.15) is 6.10 Å². The Bertz CT molecular complexity index is 308. The maximum atomic E-state index is 9.76. The maximum absolute atomic E-state index is 9.76. The maximum Gasteiger partial charge on any atom is 0.108 e. The van der Waals surface area contributed by atoms with E-state index in [4.69, 9.17) is 0 Å². The molecule has 4 nitrogen and oxygen atoms in total. The molecule has 116 valence electrons. The number of aliphatic hydroxyl groups is 3. The lowest BCUT2D eigenvalue weighted by molar-refractivity contribution is -0.113. The van der Waals surface area contributed by atoms with Crippen molar-refractivity contribution >= 4 is 0 Å². The number of piperidine rings is 1. The fourth-order valence-corrected chi connectivity index (χ4v) is 4.69. The van der Waals surface area contributed by atoms with Gasteiger partial charge >= 0.3 is 0 Å². The third-order valence-corrected chi connectivity index (χ3v) is 6.03. The molecule has 0 bridgehead atoms. The molecule has 2 saturated carbocycles. The molecular formula is C16H29NO3. The summed E-state index contributed by atoms with van der Waals surface area (Å²) in [5, 5.41) is 29.1. The largest absolute Gasteiger partial charge is 0.389 e. The predicted octanol–water partition coefficient (Wildman–Crippen LogP) is 1.14. The Kier molecular flexibility index (Phi) is 4.37. The van der Waals surface area contributed by atoms with Crippen LogP contribution in [0.3, 0.4) is 0 Å². The van der Waals surface area contributed by atoms with Crippen LogP contribution in [0.1, 0.15) is 51.4 Å². The molecule has 1 heterocycles. The van der Waals surface area contributed by atoms with Crippen molar-refractivity contribution in [1.82, 2.24) is 4.90 Å². The molecule has 1 aliphatic heterocycles. The smallest absolute Gasteiger partial charge is 0.108 e. The van der Waals surface area contributed by atoms with Crippen molar-refractivity contribution in [1.29, 1.82) is 0 Å². The molecule has 0 aromatic rings. The van der Waals surface area contributed by atoms with Gasteiger partial charge in [0.2, 0.25) is 0 Å². The van der Waals surface area contributed by atoms with Crippen LogP contribution in [0.15, 0.2) is 0 Å². The second kappa shape index (κ2) is 5.91. The van der Waals surface area contributed by atoms with Gasteiger partial charge in [0.05, 0.1) is 12.2 Å². The fourth-order valence-electron chi connectivity index (χ4n) is 4.69. The van der Waals surface area contributed by atoms with E-state index in [-0.39, 0.29) is 0 Å². The molecule has 2 atom stereocenters. The predicted molar refractivity (Wildman–Crippen MR) is 77.3 cm³/mol. The summed E-state index contributed by atoms with van der Waals surface area (Å²) in [7, 11) is 0. The van der Waals surface area contributed by atoms with Gasteiger partial charge in [-0.3, -0.25) is 4.90 Å². The summed E-state index contributed by atoms with van der Waals surface area (Å²) in [5.74, 6) is 0.705. The van der Waals surface area contributed by atoms with Crippen molar-refractivity contribution in [3.8, 4) is 0 Å². The van der Waals surface area contributed by atoms with Crippen LogP contribution in [0.5, 0.6) is 0 Å². The normalized spacial score (nSPS) is 39.5. The monoisotopic (exact) mass is 283 g/mol. The van der Waals surface area contributed by atoms with Gasteiger partial charge in [0.15, 0.2) is 0 Å². The van der Waals surface area contributed by atoms with Crippen LogP contribution in [-0.4, -0.2) is 58.2 Å². The lowest BCUT2D eigenvalue weighted by atomic mass is 9.69. The van der Waals surface area contributed by atoms with Crippen LogP contribution in [0.2, 0.25) is 0 Å². The summed E-state index contributed by atoms with van der Waals surface area (Å²) < 4.78 is 0. The molecule has 0 aromatic heterocycles. The van der Waals surface area contributed by atoms with Gasteiger partial charge < -0.3 is 15.3 Å². The van der Waals surface area contributed by atoms with E-state index >= 15 is 0 Å². The molecule has 20 heavy (non-hydrogen) atoms. The minimum absolute atomic E-state index is 0.500. The molecule has 1 saturated heterocycles. The third kappa shape index (κ3) is 3.03. The van der Waals surface area contributed by atoms with Crippen molar-refractivity contribution in [2.75, 3.05) is 19.6 Å². The topological polar surface area (TPSA) is 63.9 Å². The SMILES string of the molecule is OC1CN(CC2CCC3(CCCC3)CC2)CC(O)C1O. The summed E-state index contributed by atoms with van der Waals surface area (Å²) in [6.45, 7) is 1.97. The first kappa shape index (κ1) is 14.8. The highest BCUT2D eigenvalue weighted by molar-refractivity contribution is 4.92. The highest BCUT2D eigenvalue weighted by Gasteiger charge is 2.39. The minimum atomic E-state index is -0.973. The standard InChI is InChI=1S/C16H29NO3/c18-13-10-17(11-14(19)15(13)20)9-12-3-7-16(8-4-12)5-1-2-6-16/h12-15,18-20H,1-11H2. The van der Waals surface area contributed by atoms with Crippen LogP contribution in [0.25, 0.3) is 0 Å². The Hall–Kier alpha value is -0.160. The molecule has 3 rings (SSSR count). The van der Waals surface area contributed by atoms with Gasteiger partial charge in [-0.05, 0) is 49.9 Å². The van der Waals surface area contributed by atoms with E-state index < -0.39 is 18.3 Å². The van der Waals surface area contributed by atoms with E-state index in [1.54, 1.807) is 0 Å². The van der Waals surface area contributed by atoms with Gasteiger partial charge in [-0.1, -0.05) is 12.8 Å². The molecule has 3 fully saturated rings. The average molecular weight is 283 g/mol. The van der Waals surface area contributed by atoms with E-state index in [2.05, 4.69) is 4.90 Å². The van der Waals surface area contributed by atoms with Gasteiger partial charge in [-0.25, -0.2) is 0 Å². The Morgan fingerprint density at radius 3 is 1.95 bits per heavy atom. The highest BCUT2D eigenvalue weighted by Crippen LogP contribution is 2.50. The van der Waals surface area contributed by atoms with Gasteiger partial charge in [0, 0.05) is 19.6 Å². The molecule has 0 aromatic carbocycles. The van der Waals surface area contributed by atoms with E-state index in [1.807, 2.05) is 0 Å². The zero-order valence-electron chi connectivity index (χ0n) is 12.4. The second-order valence-corrected chi connectivity index (χ2v) is 7.49.